The van der Waals surface area contributed by atoms with Crippen LogP contribution in [0.25, 0.3) is 0 Å². The van der Waals surface area contributed by atoms with Crippen molar-refractivity contribution in [1.82, 2.24) is 20.0 Å². The summed E-state index contributed by atoms with van der Waals surface area (Å²) >= 11 is 0. The Labute approximate surface area is 151 Å². The molecule has 2 aromatic rings. The Morgan fingerprint density at radius 1 is 1.46 bits per heavy atom. The Morgan fingerprint density at radius 2 is 2.27 bits per heavy atom. The van der Waals surface area contributed by atoms with Gasteiger partial charge in [0, 0.05) is 25.6 Å². The number of benzene rings is 1. The summed E-state index contributed by atoms with van der Waals surface area (Å²) in [5.74, 6) is 0.800. The van der Waals surface area contributed by atoms with Gasteiger partial charge in [-0.25, -0.2) is 0 Å². The molecule has 1 saturated heterocycles. The zero-order chi connectivity index (χ0) is 18.7. The summed E-state index contributed by atoms with van der Waals surface area (Å²) in [6.07, 6.45) is -0.665. The van der Waals surface area contributed by atoms with E-state index in [0.717, 1.165) is 0 Å². The molecule has 1 aromatic carbocycles. The van der Waals surface area contributed by atoms with Crippen molar-refractivity contribution in [3.8, 4) is 6.07 Å². The summed E-state index contributed by atoms with van der Waals surface area (Å²) < 4.78 is 5.42. The number of aliphatic hydroxyl groups excluding tert-OH is 1. The van der Waals surface area contributed by atoms with Crippen molar-refractivity contribution in [3.05, 3.63) is 47.2 Å². The second-order valence-corrected chi connectivity index (χ2v) is 6.32. The van der Waals surface area contributed by atoms with Gasteiger partial charge in [-0.2, -0.15) is 5.26 Å². The van der Waals surface area contributed by atoms with Crippen molar-refractivity contribution in [2.24, 2.45) is 0 Å². The number of carbonyl (C=O) groups is 1. The number of likely N-dealkylation sites (N-methyl/N-ethyl adjacent to an activating group) is 1. The number of carbonyl (C=O) groups excluding carboxylic acids is 1. The van der Waals surface area contributed by atoms with Gasteiger partial charge >= 0.3 is 0 Å². The first-order valence-electron chi connectivity index (χ1n) is 8.52. The maximum Gasteiger partial charge on any atom is 0.254 e. The molecule has 8 heteroatoms. The second-order valence-electron chi connectivity index (χ2n) is 6.32. The van der Waals surface area contributed by atoms with Gasteiger partial charge in [0.1, 0.15) is 0 Å². The van der Waals surface area contributed by atoms with Crippen molar-refractivity contribution in [1.29, 1.82) is 5.26 Å². The minimum Gasteiger partial charge on any atom is -0.424 e. The number of amides is 1. The molecular formula is C18H21N5O3. The highest BCUT2D eigenvalue weighted by Gasteiger charge is 2.38. The monoisotopic (exact) mass is 355 g/mol. The average Bonchev–Trinajstić information content (AvgIpc) is 3.24. The quantitative estimate of drug-likeness (QED) is 0.851. The fraction of sp³-hybridized carbons (Fsp3) is 0.444. The normalized spacial score (nSPS) is 19.7. The fourth-order valence-electron chi connectivity index (χ4n) is 3.24. The average molecular weight is 355 g/mol. The molecule has 0 radical (unpaired) electrons. The van der Waals surface area contributed by atoms with Crippen molar-refractivity contribution in [3.63, 3.8) is 0 Å². The van der Waals surface area contributed by atoms with Crippen LogP contribution in [-0.4, -0.2) is 62.8 Å². The molecule has 1 amide bonds. The lowest BCUT2D eigenvalue weighted by atomic mass is 10.1. The lowest BCUT2D eigenvalue weighted by Crippen LogP contribution is -2.43. The van der Waals surface area contributed by atoms with Crippen LogP contribution < -0.4 is 0 Å². The van der Waals surface area contributed by atoms with Gasteiger partial charge in [-0.15, -0.1) is 10.2 Å². The molecule has 0 spiro atoms. The predicted molar refractivity (Wildman–Crippen MR) is 92.0 cm³/mol. The van der Waals surface area contributed by atoms with E-state index in [9.17, 15) is 9.90 Å². The molecule has 0 aliphatic carbocycles. The topological polar surface area (TPSA) is 106 Å². The summed E-state index contributed by atoms with van der Waals surface area (Å²) in [4.78, 5) is 16.4. The fourth-order valence-corrected chi connectivity index (χ4v) is 3.24. The van der Waals surface area contributed by atoms with E-state index in [1.165, 1.54) is 0 Å². The van der Waals surface area contributed by atoms with Crippen LogP contribution in [-0.2, 0) is 6.54 Å². The van der Waals surface area contributed by atoms with Crippen molar-refractivity contribution < 1.29 is 14.3 Å². The second kappa shape index (κ2) is 7.64. The summed E-state index contributed by atoms with van der Waals surface area (Å²) in [5, 5.41) is 27.3. The number of aryl methyl sites for hydroxylation is 1. The molecule has 136 valence electrons. The van der Waals surface area contributed by atoms with Gasteiger partial charge in [0.25, 0.3) is 5.91 Å². The number of nitriles is 1. The number of hydrogen-bond acceptors (Lipinski definition) is 7. The number of rotatable bonds is 5. The molecule has 8 nitrogen and oxygen atoms in total. The highest BCUT2D eigenvalue weighted by molar-refractivity contribution is 5.94. The van der Waals surface area contributed by atoms with E-state index >= 15 is 0 Å². The van der Waals surface area contributed by atoms with Crippen LogP contribution in [0.5, 0.6) is 0 Å². The number of likely N-dealkylation sites (tertiary alicyclic amines) is 1. The molecule has 0 bridgehead atoms. The van der Waals surface area contributed by atoms with E-state index in [4.69, 9.17) is 9.68 Å². The Hall–Kier alpha value is -2.76. The third kappa shape index (κ3) is 3.74. The zero-order valence-electron chi connectivity index (χ0n) is 14.8. The number of aromatic nitrogens is 2. The predicted octanol–water partition coefficient (Wildman–Crippen LogP) is 0.957. The standard InChI is InChI=1S/C18H21N5O3/c1-3-22(11-17-21-20-12(2)26-17)15-9-23(10-16(15)24)18(25)14-6-4-5-13(7-14)8-19/h4-7,15-16,24H,3,9-11H2,1-2H3/t15-,16+/m0/s1. The van der Waals surface area contributed by atoms with Gasteiger partial charge in [-0.3, -0.25) is 9.69 Å². The smallest absolute Gasteiger partial charge is 0.254 e. The number of hydrogen-bond donors (Lipinski definition) is 1. The molecule has 26 heavy (non-hydrogen) atoms. The highest BCUT2D eigenvalue weighted by atomic mass is 16.4. The van der Waals surface area contributed by atoms with Crippen LogP contribution in [0.4, 0.5) is 0 Å². The third-order valence-electron chi connectivity index (χ3n) is 4.57. The largest absolute Gasteiger partial charge is 0.424 e. The maximum atomic E-state index is 12.7. The molecule has 1 N–H and O–H groups in total. The highest BCUT2D eigenvalue weighted by Crippen LogP contribution is 2.21. The van der Waals surface area contributed by atoms with E-state index in [1.807, 2.05) is 17.9 Å². The van der Waals surface area contributed by atoms with Gasteiger partial charge in [0.2, 0.25) is 11.8 Å². The molecule has 0 unspecified atom stereocenters. The minimum atomic E-state index is -0.665. The van der Waals surface area contributed by atoms with Crippen molar-refractivity contribution >= 4 is 5.91 Å². The Morgan fingerprint density at radius 3 is 2.92 bits per heavy atom. The van der Waals surface area contributed by atoms with E-state index in [-0.39, 0.29) is 18.5 Å². The Balaban J connectivity index is 1.71. The van der Waals surface area contributed by atoms with Crippen LogP contribution in [0, 0.1) is 18.3 Å². The first-order valence-corrected chi connectivity index (χ1v) is 8.52. The number of β-amino-alcohol motifs (C(OH)–C–C–N with tert-alkyl or cyclic N) is 1. The van der Waals surface area contributed by atoms with Gasteiger partial charge < -0.3 is 14.4 Å². The molecular weight excluding hydrogens is 334 g/mol. The first kappa shape index (κ1) is 18.0. The SMILES string of the molecule is CCN(Cc1nnc(C)o1)[C@H]1CN(C(=O)c2cccc(C#N)c2)C[C@H]1O. The Kier molecular flexibility index (Phi) is 5.30. The summed E-state index contributed by atoms with van der Waals surface area (Å²) in [6, 6.07) is 8.42. The van der Waals surface area contributed by atoms with E-state index in [0.29, 0.717) is 42.5 Å². The van der Waals surface area contributed by atoms with Gasteiger partial charge in [-0.1, -0.05) is 13.0 Å². The van der Waals surface area contributed by atoms with Gasteiger partial charge in [0.05, 0.1) is 30.3 Å². The molecule has 3 rings (SSSR count). The van der Waals surface area contributed by atoms with Crippen molar-refractivity contribution in [2.45, 2.75) is 32.5 Å². The molecule has 1 aromatic heterocycles. The maximum absolute atomic E-state index is 12.7. The molecule has 0 saturated carbocycles. The number of nitrogens with zero attached hydrogens (tertiary/aromatic N) is 5. The van der Waals surface area contributed by atoms with E-state index in [1.54, 1.807) is 36.1 Å². The lowest BCUT2D eigenvalue weighted by Gasteiger charge is -2.27. The van der Waals surface area contributed by atoms with Crippen molar-refractivity contribution in [2.75, 3.05) is 19.6 Å². The zero-order valence-corrected chi connectivity index (χ0v) is 14.8. The lowest BCUT2D eigenvalue weighted by molar-refractivity contribution is 0.0743. The molecule has 1 fully saturated rings. The van der Waals surface area contributed by atoms with Gasteiger partial charge in [0.15, 0.2) is 0 Å². The molecule has 2 heterocycles. The van der Waals surface area contributed by atoms with Crippen LogP contribution in [0.2, 0.25) is 0 Å². The summed E-state index contributed by atoms with van der Waals surface area (Å²) in [6.45, 7) is 5.46. The van der Waals surface area contributed by atoms with E-state index in [2.05, 4.69) is 10.2 Å². The Bertz CT molecular complexity index is 828. The van der Waals surface area contributed by atoms with Gasteiger partial charge in [-0.05, 0) is 24.7 Å². The van der Waals surface area contributed by atoms with Crippen LogP contribution in [0.1, 0.15) is 34.6 Å². The number of aliphatic hydroxyl groups is 1. The first-order chi connectivity index (χ1) is 12.5. The molecule has 1 aliphatic rings. The summed E-state index contributed by atoms with van der Waals surface area (Å²) in [5.41, 5.74) is 0.890. The summed E-state index contributed by atoms with van der Waals surface area (Å²) in [7, 11) is 0. The minimum absolute atomic E-state index is 0.187. The molecule has 2 atom stereocenters. The van der Waals surface area contributed by atoms with Crippen LogP contribution in [0.15, 0.2) is 28.7 Å². The third-order valence-corrected chi connectivity index (χ3v) is 4.57. The van der Waals surface area contributed by atoms with Crippen LogP contribution >= 0.6 is 0 Å². The molecule has 1 aliphatic heterocycles. The van der Waals surface area contributed by atoms with E-state index < -0.39 is 6.10 Å². The van der Waals surface area contributed by atoms with Crippen LogP contribution in [0.3, 0.4) is 0 Å².